The number of hydrogen-bond acceptors (Lipinski definition) is 4. The highest BCUT2D eigenvalue weighted by atomic mass is 15.4. The highest BCUT2D eigenvalue weighted by molar-refractivity contribution is 4.92. The Morgan fingerprint density at radius 2 is 2.11 bits per heavy atom. The van der Waals surface area contributed by atoms with Gasteiger partial charge in [-0.1, -0.05) is 19.1 Å². The van der Waals surface area contributed by atoms with E-state index < -0.39 is 0 Å². The second kappa shape index (κ2) is 6.29. The molecule has 0 bridgehead atoms. The molecule has 1 aromatic rings. The lowest BCUT2D eigenvalue weighted by molar-refractivity contribution is 0.172. The molecule has 5 heteroatoms. The average Bonchev–Trinajstić information content (AvgIpc) is 2.74. The summed E-state index contributed by atoms with van der Waals surface area (Å²) in [5, 5.41) is 11.7. The number of nitrogens with one attached hydrogen (secondary N) is 1. The first kappa shape index (κ1) is 13.5. The number of rotatable bonds is 5. The Balaban J connectivity index is 1.70. The first-order valence-corrected chi connectivity index (χ1v) is 6.94. The summed E-state index contributed by atoms with van der Waals surface area (Å²) in [6, 6.07) is 0.600. The summed E-state index contributed by atoms with van der Waals surface area (Å²) in [7, 11) is 1.92. The van der Waals surface area contributed by atoms with Crippen LogP contribution in [0.5, 0.6) is 0 Å². The number of hydrogen-bond donors (Lipinski definition) is 1. The molecule has 1 aliphatic rings. The van der Waals surface area contributed by atoms with Crippen molar-refractivity contribution < 1.29 is 0 Å². The molecule has 2 rings (SSSR count). The van der Waals surface area contributed by atoms with E-state index in [-0.39, 0.29) is 0 Å². The molecular formula is C13H25N5. The van der Waals surface area contributed by atoms with Gasteiger partial charge in [0.2, 0.25) is 0 Å². The fourth-order valence-electron chi connectivity index (χ4n) is 2.45. The Morgan fingerprint density at radius 1 is 1.39 bits per heavy atom. The largest absolute Gasteiger partial charge is 0.314 e. The van der Waals surface area contributed by atoms with Gasteiger partial charge in [0.25, 0.3) is 0 Å². The molecular weight excluding hydrogens is 226 g/mol. The lowest BCUT2D eigenvalue weighted by Gasteiger charge is -2.31. The minimum absolute atomic E-state index is 0.600. The monoisotopic (exact) mass is 251 g/mol. The molecule has 1 aliphatic heterocycles. The van der Waals surface area contributed by atoms with E-state index in [1.54, 1.807) is 4.68 Å². The summed E-state index contributed by atoms with van der Waals surface area (Å²) < 4.78 is 1.77. The van der Waals surface area contributed by atoms with Crippen LogP contribution in [-0.4, -0.2) is 45.6 Å². The Kier molecular flexibility index (Phi) is 4.72. The van der Waals surface area contributed by atoms with Crippen molar-refractivity contribution in [3.8, 4) is 0 Å². The number of piperidine rings is 1. The molecule has 1 N–H and O–H groups in total. The molecule has 0 radical (unpaired) electrons. The summed E-state index contributed by atoms with van der Waals surface area (Å²) in [4.78, 5) is 2.48. The molecule has 1 saturated heterocycles. The van der Waals surface area contributed by atoms with Crippen molar-refractivity contribution in [2.24, 2.45) is 13.0 Å². The van der Waals surface area contributed by atoms with E-state index in [0.717, 1.165) is 24.7 Å². The van der Waals surface area contributed by atoms with Gasteiger partial charge in [-0.05, 0) is 38.4 Å². The Labute approximate surface area is 110 Å². The van der Waals surface area contributed by atoms with Crippen molar-refractivity contribution in [3.05, 3.63) is 11.9 Å². The third-order valence-electron chi connectivity index (χ3n) is 3.56. The van der Waals surface area contributed by atoms with Gasteiger partial charge in [0.15, 0.2) is 0 Å². The minimum atomic E-state index is 0.600. The summed E-state index contributed by atoms with van der Waals surface area (Å²) in [5.41, 5.74) is 1.08. The molecule has 0 aliphatic carbocycles. The van der Waals surface area contributed by atoms with Gasteiger partial charge in [0.05, 0.1) is 5.69 Å². The van der Waals surface area contributed by atoms with Crippen molar-refractivity contribution >= 4 is 0 Å². The first-order valence-electron chi connectivity index (χ1n) is 6.94. The number of aromatic nitrogens is 3. The highest BCUT2D eigenvalue weighted by Gasteiger charge is 2.19. The Bertz CT molecular complexity index is 352. The van der Waals surface area contributed by atoms with Crippen LogP contribution in [0.1, 0.15) is 32.4 Å². The van der Waals surface area contributed by atoms with Crippen LogP contribution in [0.15, 0.2) is 6.20 Å². The summed E-state index contributed by atoms with van der Waals surface area (Å²) in [6.45, 7) is 8.89. The predicted molar refractivity (Wildman–Crippen MR) is 72.1 cm³/mol. The second-order valence-electron chi connectivity index (χ2n) is 5.67. The van der Waals surface area contributed by atoms with E-state index in [9.17, 15) is 0 Å². The van der Waals surface area contributed by atoms with E-state index >= 15 is 0 Å². The van der Waals surface area contributed by atoms with E-state index in [2.05, 4.69) is 34.4 Å². The fraction of sp³-hybridized carbons (Fsp3) is 0.846. The smallest absolute Gasteiger partial charge is 0.0966 e. The predicted octanol–water partition coefficient (Wildman–Crippen LogP) is 1.03. The number of aryl methyl sites for hydroxylation is 1. The van der Waals surface area contributed by atoms with Crippen molar-refractivity contribution in [1.82, 2.24) is 25.2 Å². The molecule has 102 valence electrons. The molecule has 0 saturated carbocycles. The zero-order valence-electron chi connectivity index (χ0n) is 11.8. The zero-order chi connectivity index (χ0) is 13.0. The summed E-state index contributed by atoms with van der Waals surface area (Å²) in [6.07, 6.45) is 4.59. The fourth-order valence-corrected chi connectivity index (χ4v) is 2.45. The third-order valence-corrected chi connectivity index (χ3v) is 3.56. The van der Waals surface area contributed by atoms with E-state index in [0.29, 0.717) is 6.04 Å². The molecule has 1 aromatic heterocycles. The van der Waals surface area contributed by atoms with E-state index in [1.807, 2.05) is 13.2 Å². The maximum atomic E-state index is 4.15. The first-order chi connectivity index (χ1) is 8.63. The maximum absolute atomic E-state index is 4.15. The van der Waals surface area contributed by atoms with Gasteiger partial charge in [-0.2, -0.15) is 0 Å². The normalized spacial score (nSPS) is 18.7. The van der Waals surface area contributed by atoms with Crippen LogP contribution in [0, 0.1) is 5.92 Å². The molecule has 0 atom stereocenters. The van der Waals surface area contributed by atoms with Gasteiger partial charge in [0, 0.05) is 25.8 Å². The minimum Gasteiger partial charge on any atom is -0.314 e. The molecule has 2 heterocycles. The second-order valence-corrected chi connectivity index (χ2v) is 5.67. The van der Waals surface area contributed by atoms with Gasteiger partial charge in [-0.25, -0.2) is 0 Å². The molecule has 0 unspecified atom stereocenters. The molecule has 1 fully saturated rings. The topological polar surface area (TPSA) is 46.0 Å². The number of nitrogens with zero attached hydrogens (tertiary/aromatic N) is 4. The van der Waals surface area contributed by atoms with Crippen molar-refractivity contribution in [1.29, 1.82) is 0 Å². The van der Waals surface area contributed by atoms with Gasteiger partial charge in [0.1, 0.15) is 0 Å². The Hall–Kier alpha value is -0.940. The van der Waals surface area contributed by atoms with Gasteiger partial charge >= 0.3 is 0 Å². The molecule has 0 amide bonds. The van der Waals surface area contributed by atoms with Crippen LogP contribution in [-0.2, 0) is 13.6 Å². The van der Waals surface area contributed by atoms with Crippen molar-refractivity contribution in [2.75, 3.05) is 19.6 Å². The zero-order valence-corrected chi connectivity index (χ0v) is 11.8. The maximum Gasteiger partial charge on any atom is 0.0966 e. The molecule has 0 spiro atoms. The summed E-state index contributed by atoms with van der Waals surface area (Å²) in [5.74, 6) is 0.838. The number of likely N-dealkylation sites (tertiary alicyclic amines) is 1. The van der Waals surface area contributed by atoms with Crippen molar-refractivity contribution in [3.63, 3.8) is 0 Å². The molecule has 18 heavy (non-hydrogen) atoms. The molecule has 5 nitrogen and oxygen atoms in total. The van der Waals surface area contributed by atoms with E-state index in [4.69, 9.17) is 0 Å². The molecule has 0 aromatic carbocycles. The van der Waals surface area contributed by atoms with Gasteiger partial charge in [-0.3, -0.25) is 9.58 Å². The quantitative estimate of drug-likeness (QED) is 0.849. The van der Waals surface area contributed by atoms with Crippen LogP contribution in [0.3, 0.4) is 0 Å². The third kappa shape index (κ3) is 4.07. The van der Waals surface area contributed by atoms with Crippen molar-refractivity contribution in [2.45, 2.75) is 39.3 Å². The highest BCUT2D eigenvalue weighted by Crippen LogP contribution is 2.17. The van der Waals surface area contributed by atoms with Crippen LogP contribution in [0.4, 0.5) is 0 Å². The van der Waals surface area contributed by atoms with Crippen LogP contribution in [0.2, 0.25) is 0 Å². The lowest BCUT2D eigenvalue weighted by Crippen LogP contribution is -2.38. The van der Waals surface area contributed by atoms with Gasteiger partial charge in [-0.15, -0.1) is 5.10 Å². The standard InChI is InChI=1S/C13H25N5/c1-11(2)14-8-12-4-6-18(7-5-12)10-13-9-17(3)16-15-13/h9,11-12,14H,4-8,10H2,1-3H3. The van der Waals surface area contributed by atoms with Crippen LogP contribution < -0.4 is 5.32 Å². The Morgan fingerprint density at radius 3 is 2.67 bits per heavy atom. The lowest BCUT2D eigenvalue weighted by atomic mass is 9.96. The van der Waals surface area contributed by atoms with Crippen LogP contribution >= 0.6 is 0 Å². The van der Waals surface area contributed by atoms with Crippen LogP contribution in [0.25, 0.3) is 0 Å². The van der Waals surface area contributed by atoms with Gasteiger partial charge < -0.3 is 5.32 Å². The summed E-state index contributed by atoms with van der Waals surface area (Å²) >= 11 is 0. The SMILES string of the molecule is CC(C)NCC1CCN(Cc2cn(C)nn2)CC1. The van der Waals surface area contributed by atoms with E-state index in [1.165, 1.54) is 25.9 Å². The average molecular weight is 251 g/mol.